The van der Waals surface area contributed by atoms with Crippen molar-refractivity contribution in [1.82, 2.24) is 4.98 Å². The van der Waals surface area contributed by atoms with Crippen LogP contribution in [0.3, 0.4) is 0 Å². The number of rotatable bonds is 3. The van der Waals surface area contributed by atoms with Crippen LogP contribution in [-0.2, 0) is 6.42 Å². The molecule has 0 amide bonds. The Balaban J connectivity index is 2.07. The highest BCUT2D eigenvalue weighted by molar-refractivity contribution is 14.1. The van der Waals surface area contributed by atoms with Crippen LogP contribution in [0.1, 0.15) is 17.3 Å². The number of nitrogens with two attached hydrogens (primary N) is 1. The molecular weight excluding hydrogens is 399 g/mol. The van der Waals surface area contributed by atoms with Crippen molar-refractivity contribution in [3.63, 3.8) is 0 Å². The van der Waals surface area contributed by atoms with Gasteiger partial charge < -0.3 is 5.73 Å². The van der Waals surface area contributed by atoms with Gasteiger partial charge in [0.05, 0.1) is 2.88 Å². The van der Waals surface area contributed by atoms with E-state index in [4.69, 9.17) is 5.73 Å². The number of halogens is 2. The van der Waals surface area contributed by atoms with Gasteiger partial charge in [0.2, 0.25) is 0 Å². The second-order valence-corrected chi connectivity index (χ2v) is 7.18. The van der Waals surface area contributed by atoms with Gasteiger partial charge in [0.25, 0.3) is 0 Å². The Morgan fingerprint density at radius 2 is 2.31 bits per heavy atom. The molecule has 0 radical (unpaired) electrons. The van der Waals surface area contributed by atoms with E-state index in [9.17, 15) is 0 Å². The summed E-state index contributed by atoms with van der Waals surface area (Å²) in [5, 5.41) is 2.12. The van der Waals surface area contributed by atoms with Crippen LogP contribution in [0.25, 0.3) is 0 Å². The average Bonchev–Trinajstić information content (AvgIpc) is 2.68. The largest absolute Gasteiger partial charge is 0.324 e. The third kappa shape index (κ3) is 3.26. The molecule has 0 aliphatic rings. The lowest BCUT2D eigenvalue weighted by Gasteiger charge is -2.08. The van der Waals surface area contributed by atoms with Gasteiger partial charge in [-0.05, 0) is 67.7 Å². The Kier molecular flexibility index (Phi) is 4.34. The molecule has 0 saturated heterocycles. The van der Waals surface area contributed by atoms with Crippen molar-refractivity contribution in [3.8, 4) is 0 Å². The molecule has 0 aromatic carbocycles. The minimum absolute atomic E-state index is 0.0356. The molecule has 84 valence electrons. The summed E-state index contributed by atoms with van der Waals surface area (Å²) in [6.07, 6.45) is 2.58. The lowest BCUT2D eigenvalue weighted by atomic mass is 10.1. The van der Waals surface area contributed by atoms with E-state index in [0.29, 0.717) is 0 Å². The van der Waals surface area contributed by atoms with Crippen molar-refractivity contribution < 1.29 is 0 Å². The smallest absolute Gasteiger partial charge is 0.0656 e. The minimum Gasteiger partial charge on any atom is -0.324 e. The van der Waals surface area contributed by atoms with Crippen molar-refractivity contribution in [3.05, 3.63) is 48.4 Å². The second-order valence-electron chi connectivity index (χ2n) is 3.46. The molecular formula is C11H10BrIN2S. The van der Waals surface area contributed by atoms with Gasteiger partial charge in [-0.3, -0.25) is 4.98 Å². The summed E-state index contributed by atoms with van der Waals surface area (Å²) in [4.78, 5) is 4.33. The molecule has 16 heavy (non-hydrogen) atoms. The fraction of sp³-hybridized carbons (Fsp3) is 0.182. The third-order valence-corrected chi connectivity index (χ3v) is 4.51. The van der Waals surface area contributed by atoms with Crippen LogP contribution in [0.15, 0.2) is 34.2 Å². The van der Waals surface area contributed by atoms with Gasteiger partial charge in [0.15, 0.2) is 0 Å². The molecule has 2 aromatic heterocycles. The summed E-state index contributed by atoms with van der Waals surface area (Å²) < 4.78 is 2.27. The zero-order valence-electron chi connectivity index (χ0n) is 8.36. The topological polar surface area (TPSA) is 38.9 Å². The van der Waals surface area contributed by atoms with E-state index in [1.807, 2.05) is 12.1 Å². The summed E-state index contributed by atoms with van der Waals surface area (Å²) in [5.74, 6) is 0. The van der Waals surface area contributed by atoms with Gasteiger partial charge in [0, 0.05) is 28.8 Å². The molecule has 2 rings (SSSR count). The normalized spacial score (nSPS) is 12.7. The molecule has 2 heterocycles. The first-order valence-electron chi connectivity index (χ1n) is 4.75. The zero-order valence-corrected chi connectivity index (χ0v) is 12.9. The van der Waals surface area contributed by atoms with E-state index in [1.54, 1.807) is 17.5 Å². The van der Waals surface area contributed by atoms with E-state index < -0.39 is 0 Å². The van der Waals surface area contributed by atoms with Crippen molar-refractivity contribution in [2.45, 2.75) is 12.5 Å². The van der Waals surface area contributed by atoms with Gasteiger partial charge >= 0.3 is 0 Å². The Morgan fingerprint density at radius 1 is 1.50 bits per heavy atom. The van der Waals surface area contributed by atoms with E-state index in [2.05, 4.69) is 55.0 Å². The SMILES string of the molecule is NC(Cc1ccc(Br)cn1)c1csc(I)c1. The second kappa shape index (κ2) is 5.57. The third-order valence-electron chi connectivity index (χ3n) is 2.23. The molecule has 5 heteroatoms. The Labute approximate surface area is 121 Å². The molecule has 0 bridgehead atoms. The number of aromatic nitrogens is 1. The van der Waals surface area contributed by atoms with Crippen LogP contribution in [0.4, 0.5) is 0 Å². The standard InChI is InChI=1S/C11H10BrIN2S/c12-8-1-2-9(15-5-8)4-10(14)7-3-11(13)16-6-7/h1-3,5-6,10H,4,14H2. The fourth-order valence-corrected chi connectivity index (χ4v) is 3.06. The molecule has 1 atom stereocenters. The maximum Gasteiger partial charge on any atom is 0.0656 e. The van der Waals surface area contributed by atoms with E-state index in [0.717, 1.165) is 16.6 Å². The van der Waals surface area contributed by atoms with E-state index >= 15 is 0 Å². The molecule has 0 saturated carbocycles. The first kappa shape index (κ1) is 12.5. The maximum absolute atomic E-state index is 6.13. The van der Waals surface area contributed by atoms with Crippen LogP contribution < -0.4 is 5.73 Å². The first-order valence-corrected chi connectivity index (χ1v) is 7.50. The summed E-state index contributed by atoms with van der Waals surface area (Å²) >= 11 is 7.40. The monoisotopic (exact) mass is 408 g/mol. The molecule has 1 unspecified atom stereocenters. The Hall–Kier alpha value is 0.0200. The summed E-state index contributed by atoms with van der Waals surface area (Å²) in [6, 6.07) is 6.16. The van der Waals surface area contributed by atoms with Crippen molar-refractivity contribution in [1.29, 1.82) is 0 Å². The van der Waals surface area contributed by atoms with Gasteiger partial charge in [-0.2, -0.15) is 0 Å². The van der Waals surface area contributed by atoms with Gasteiger partial charge in [-0.25, -0.2) is 0 Å². The number of thiophene rings is 1. The lowest BCUT2D eigenvalue weighted by molar-refractivity contribution is 0.709. The molecule has 0 aliphatic carbocycles. The van der Waals surface area contributed by atoms with Gasteiger partial charge in [-0.15, -0.1) is 11.3 Å². The minimum atomic E-state index is 0.0356. The molecule has 2 N–H and O–H groups in total. The Morgan fingerprint density at radius 3 is 2.88 bits per heavy atom. The number of hydrogen-bond acceptors (Lipinski definition) is 3. The summed E-state index contributed by atoms with van der Waals surface area (Å²) in [6.45, 7) is 0. The number of pyridine rings is 1. The Bertz CT molecular complexity index is 469. The molecule has 2 nitrogen and oxygen atoms in total. The highest BCUT2D eigenvalue weighted by Gasteiger charge is 2.09. The summed E-state index contributed by atoms with van der Waals surface area (Å²) in [7, 11) is 0. The highest BCUT2D eigenvalue weighted by Crippen LogP contribution is 2.23. The molecule has 2 aromatic rings. The van der Waals surface area contributed by atoms with Crippen molar-refractivity contribution in [2.24, 2.45) is 5.73 Å². The van der Waals surface area contributed by atoms with Crippen LogP contribution >= 0.6 is 49.9 Å². The predicted octanol–water partition coefficient (Wildman–Crippen LogP) is 3.75. The molecule has 0 spiro atoms. The number of hydrogen-bond donors (Lipinski definition) is 1. The quantitative estimate of drug-likeness (QED) is 0.785. The average molecular weight is 409 g/mol. The van der Waals surface area contributed by atoms with Crippen LogP contribution in [0.5, 0.6) is 0 Å². The van der Waals surface area contributed by atoms with Crippen molar-refractivity contribution in [2.75, 3.05) is 0 Å². The van der Waals surface area contributed by atoms with E-state index in [1.165, 1.54) is 8.45 Å². The maximum atomic E-state index is 6.13. The van der Waals surface area contributed by atoms with Crippen LogP contribution in [-0.4, -0.2) is 4.98 Å². The van der Waals surface area contributed by atoms with Crippen LogP contribution in [0.2, 0.25) is 0 Å². The van der Waals surface area contributed by atoms with Crippen molar-refractivity contribution >= 4 is 49.9 Å². The summed E-state index contributed by atoms with van der Waals surface area (Å²) in [5.41, 5.74) is 8.35. The van der Waals surface area contributed by atoms with Gasteiger partial charge in [0.1, 0.15) is 0 Å². The van der Waals surface area contributed by atoms with Crippen LogP contribution in [0, 0.1) is 2.88 Å². The lowest BCUT2D eigenvalue weighted by Crippen LogP contribution is -2.13. The zero-order chi connectivity index (χ0) is 11.5. The fourth-order valence-electron chi connectivity index (χ4n) is 1.39. The molecule has 0 fully saturated rings. The molecule has 0 aliphatic heterocycles. The highest BCUT2D eigenvalue weighted by atomic mass is 127. The predicted molar refractivity (Wildman–Crippen MR) is 79.6 cm³/mol. The first-order chi connectivity index (χ1) is 7.65. The van der Waals surface area contributed by atoms with E-state index in [-0.39, 0.29) is 6.04 Å². The number of nitrogens with zero attached hydrogens (tertiary/aromatic N) is 1. The van der Waals surface area contributed by atoms with Gasteiger partial charge in [-0.1, -0.05) is 0 Å².